The first-order chi connectivity index (χ1) is 23.1. The number of esters is 1. The standard InChI is InChI=1S/C33H36F3N5O7S/c1-5-40-49(44,45)28-10-8-7-9-22(28)19-39-30(42)32(48-31(43)33(34,35)36,23-11-14-26(47-20(3)4)27(18-23)46-6-2)41-24-12-13-25-21(17-24)15-16-38-29(25)37/h7-18,20,40-41H,5-6,19H2,1-4H3,(H2,37,38)(H,39,42). The number of rotatable bonds is 14. The van der Waals surface area contributed by atoms with Crippen LogP contribution < -0.4 is 30.6 Å². The number of nitrogens with one attached hydrogen (secondary N) is 3. The summed E-state index contributed by atoms with van der Waals surface area (Å²) in [5.74, 6) is -3.50. The minimum Gasteiger partial charge on any atom is -0.490 e. The summed E-state index contributed by atoms with van der Waals surface area (Å²) in [5.41, 5.74) is 2.96. The summed E-state index contributed by atoms with van der Waals surface area (Å²) in [4.78, 5) is 30.8. The number of nitrogens with zero attached hydrogens (tertiary/aromatic N) is 1. The Morgan fingerprint density at radius 1 is 0.980 bits per heavy atom. The van der Waals surface area contributed by atoms with Crippen LogP contribution in [0.4, 0.5) is 24.7 Å². The molecule has 0 aliphatic heterocycles. The number of anilines is 2. The van der Waals surface area contributed by atoms with E-state index in [1.165, 1.54) is 66.9 Å². The highest BCUT2D eigenvalue weighted by Crippen LogP contribution is 2.38. The van der Waals surface area contributed by atoms with Crippen molar-refractivity contribution in [2.45, 2.75) is 57.1 Å². The molecule has 0 fully saturated rings. The number of nitrogen functional groups attached to an aromatic ring is 1. The molecule has 1 amide bonds. The maximum absolute atomic E-state index is 14.4. The molecule has 49 heavy (non-hydrogen) atoms. The van der Waals surface area contributed by atoms with E-state index in [2.05, 4.69) is 20.3 Å². The van der Waals surface area contributed by atoms with Gasteiger partial charge in [0.05, 0.1) is 17.6 Å². The third kappa shape index (κ3) is 8.50. The molecule has 16 heteroatoms. The summed E-state index contributed by atoms with van der Waals surface area (Å²) in [6.07, 6.45) is -4.42. The van der Waals surface area contributed by atoms with Crippen molar-refractivity contribution < 1.29 is 45.4 Å². The number of halogens is 3. The lowest BCUT2D eigenvalue weighted by Gasteiger charge is -2.35. The van der Waals surface area contributed by atoms with Crippen molar-refractivity contribution in [3.63, 3.8) is 0 Å². The van der Waals surface area contributed by atoms with Gasteiger partial charge in [-0.3, -0.25) is 4.79 Å². The Balaban J connectivity index is 1.92. The highest BCUT2D eigenvalue weighted by Gasteiger charge is 2.52. The van der Waals surface area contributed by atoms with Crippen molar-refractivity contribution in [2.24, 2.45) is 0 Å². The fourth-order valence-electron chi connectivity index (χ4n) is 4.90. The van der Waals surface area contributed by atoms with Gasteiger partial charge in [0, 0.05) is 35.9 Å². The average molecular weight is 704 g/mol. The molecule has 0 bridgehead atoms. The second-order valence-electron chi connectivity index (χ2n) is 10.9. The van der Waals surface area contributed by atoms with Crippen LogP contribution in [0.5, 0.6) is 11.5 Å². The molecule has 4 rings (SSSR count). The summed E-state index contributed by atoms with van der Waals surface area (Å²) in [6, 6.07) is 15.6. The molecule has 1 aromatic heterocycles. The van der Waals surface area contributed by atoms with Crippen molar-refractivity contribution in [2.75, 3.05) is 24.2 Å². The van der Waals surface area contributed by atoms with Crippen LogP contribution in [0.1, 0.15) is 38.8 Å². The molecule has 1 heterocycles. The van der Waals surface area contributed by atoms with Crippen molar-refractivity contribution in [1.29, 1.82) is 0 Å². The Morgan fingerprint density at radius 3 is 2.39 bits per heavy atom. The third-order valence-electron chi connectivity index (χ3n) is 6.96. The van der Waals surface area contributed by atoms with Crippen molar-refractivity contribution in [1.82, 2.24) is 15.0 Å². The zero-order chi connectivity index (χ0) is 36.0. The first-order valence-corrected chi connectivity index (χ1v) is 16.6. The Hall–Kier alpha value is -5.09. The summed E-state index contributed by atoms with van der Waals surface area (Å²) >= 11 is 0. The second kappa shape index (κ2) is 15.0. The SMILES string of the molecule is CCNS(=O)(=O)c1ccccc1CNC(=O)C(Nc1ccc2c(N)nccc2c1)(OC(=O)C(F)(F)F)c1ccc(OC(C)C)c(OCC)c1. The lowest BCUT2D eigenvalue weighted by atomic mass is 9.99. The van der Waals surface area contributed by atoms with Crippen LogP contribution in [-0.2, 0) is 36.6 Å². The largest absolute Gasteiger partial charge is 0.491 e. The van der Waals surface area contributed by atoms with Crippen LogP contribution in [0, 0.1) is 0 Å². The van der Waals surface area contributed by atoms with E-state index in [0.717, 1.165) is 0 Å². The molecule has 0 radical (unpaired) electrons. The topological polar surface area (TPSA) is 171 Å². The maximum Gasteiger partial charge on any atom is 0.491 e. The number of aromatic nitrogens is 1. The number of carbonyl (C=O) groups is 2. The van der Waals surface area contributed by atoms with Crippen LogP contribution in [0.2, 0.25) is 0 Å². The molecule has 0 spiro atoms. The van der Waals surface area contributed by atoms with E-state index in [4.69, 9.17) is 19.9 Å². The third-order valence-corrected chi connectivity index (χ3v) is 8.61. The predicted molar refractivity (Wildman–Crippen MR) is 176 cm³/mol. The molecule has 5 N–H and O–H groups in total. The van der Waals surface area contributed by atoms with Crippen LogP contribution in [-0.4, -0.2) is 50.7 Å². The molecular formula is C33H36F3N5O7S. The fourth-order valence-corrected chi connectivity index (χ4v) is 6.18. The van der Waals surface area contributed by atoms with Crippen molar-refractivity contribution in [3.05, 3.63) is 84.1 Å². The highest BCUT2D eigenvalue weighted by atomic mass is 32.2. The first-order valence-electron chi connectivity index (χ1n) is 15.1. The van der Waals surface area contributed by atoms with E-state index >= 15 is 0 Å². The number of ether oxygens (including phenoxy) is 3. The molecule has 0 aliphatic rings. The molecule has 1 atom stereocenters. The van der Waals surface area contributed by atoms with Gasteiger partial charge < -0.3 is 30.6 Å². The Labute approximate surface area is 281 Å². The minimum atomic E-state index is -5.52. The van der Waals surface area contributed by atoms with Crippen LogP contribution in [0.3, 0.4) is 0 Å². The smallest absolute Gasteiger partial charge is 0.490 e. The molecule has 12 nitrogen and oxygen atoms in total. The number of nitrogens with two attached hydrogens (primary N) is 1. The van der Waals surface area contributed by atoms with Gasteiger partial charge in [-0.2, -0.15) is 13.2 Å². The molecule has 1 unspecified atom stereocenters. The van der Waals surface area contributed by atoms with Gasteiger partial charge in [-0.1, -0.05) is 25.1 Å². The fraction of sp³-hybridized carbons (Fsp3) is 0.303. The summed E-state index contributed by atoms with van der Waals surface area (Å²) in [5, 5.41) is 6.21. The van der Waals surface area contributed by atoms with Gasteiger partial charge in [0.2, 0.25) is 10.0 Å². The monoisotopic (exact) mass is 703 g/mol. The molecule has 3 aromatic carbocycles. The molecular weight excluding hydrogens is 667 g/mol. The van der Waals surface area contributed by atoms with Crippen LogP contribution in [0.25, 0.3) is 10.8 Å². The molecule has 0 saturated carbocycles. The number of carbonyl (C=O) groups excluding carboxylic acids is 2. The number of sulfonamides is 1. The Bertz CT molecular complexity index is 1940. The molecule has 262 valence electrons. The summed E-state index contributed by atoms with van der Waals surface area (Å²) in [7, 11) is -4.01. The highest BCUT2D eigenvalue weighted by molar-refractivity contribution is 7.89. The second-order valence-corrected chi connectivity index (χ2v) is 12.6. The summed E-state index contributed by atoms with van der Waals surface area (Å²) in [6.45, 7) is 6.47. The van der Waals surface area contributed by atoms with Gasteiger partial charge in [-0.05, 0) is 80.3 Å². The zero-order valence-corrected chi connectivity index (χ0v) is 27.9. The van der Waals surface area contributed by atoms with E-state index < -0.39 is 40.3 Å². The number of amides is 1. The average Bonchev–Trinajstić information content (AvgIpc) is 3.03. The van der Waals surface area contributed by atoms with E-state index in [1.807, 2.05) is 0 Å². The van der Waals surface area contributed by atoms with Crippen molar-refractivity contribution >= 4 is 44.2 Å². The van der Waals surface area contributed by atoms with Crippen LogP contribution in [0.15, 0.2) is 77.8 Å². The normalized spacial score (nSPS) is 13.1. The van der Waals surface area contributed by atoms with E-state index in [-0.39, 0.29) is 58.3 Å². The number of hydrogen-bond donors (Lipinski definition) is 4. The van der Waals surface area contributed by atoms with Gasteiger partial charge in [-0.25, -0.2) is 22.9 Å². The minimum absolute atomic E-state index is 0.0511. The number of alkyl halides is 3. The van der Waals surface area contributed by atoms with Gasteiger partial charge in [-0.15, -0.1) is 0 Å². The predicted octanol–water partition coefficient (Wildman–Crippen LogP) is 4.99. The van der Waals surface area contributed by atoms with E-state index in [0.29, 0.717) is 10.8 Å². The van der Waals surface area contributed by atoms with Gasteiger partial charge in [0.25, 0.3) is 11.6 Å². The number of benzene rings is 3. The number of hydrogen-bond acceptors (Lipinski definition) is 10. The Morgan fingerprint density at radius 2 is 1.71 bits per heavy atom. The Kier molecular flexibility index (Phi) is 11.2. The molecule has 4 aromatic rings. The van der Waals surface area contributed by atoms with Gasteiger partial charge in [0.1, 0.15) is 5.82 Å². The van der Waals surface area contributed by atoms with Gasteiger partial charge in [0.15, 0.2) is 11.5 Å². The lowest BCUT2D eigenvalue weighted by molar-refractivity contribution is -0.213. The maximum atomic E-state index is 14.4. The lowest BCUT2D eigenvalue weighted by Crippen LogP contribution is -2.54. The van der Waals surface area contributed by atoms with Gasteiger partial charge >= 0.3 is 12.1 Å². The van der Waals surface area contributed by atoms with Crippen molar-refractivity contribution in [3.8, 4) is 11.5 Å². The summed E-state index contributed by atoms with van der Waals surface area (Å²) < 4.78 is 86.4. The number of fused-ring (bicyclic) bond motifs is 1. The molecule has 0 saturated heterocycles. The first kappa shape index (κ1) is 36.7. The van der Waals surface area contributed by atoms with E-state index in [1.54, 1.807) is 33.8 Å². The molecule has 0 aliphatic carbocycles. The quantitative estimate of drug-likeness (QED) is 0.104. The number of pyridine rings is 1. The van der Waals surface area contributed by atoms with Crippen LogP contribution >= 0.6 is 0 Å². The van der Waals surface area contributed by atoms with E-state index in [9.17, 15) is 31.2 Å². The zero-order valence-electron chi connectivity index (χ0n) is 27.1.